The fourth-order valence-corrected chi connectivity index (χ4v) is 2.21. The molecule has 0 aliphatic rings. The number of aliphatic hydroxyl groups is 1. The zero-order chi connectivity index (χ0) is 25.0. The lowest BCUT2D eigenvalue weighted by molar-refractivity contribution is -0.144. The van der Waals surface area contributed by atoms with Crippen LogP contribution in [0, 0.1) is 0 Å². The van der Waals surface area contributed by atoms with Crippen LogP contribution in [0.5, 0.6) is 0 Å². The summed E-state index contributed by atoms with van der Waals surface area (Å²) in [6.07, 6.45) is -2.96. The molecule has 4 atom stereocenters. The van der Waals surface area contributed by atoms with Crippen molar-refractivity contribution < 1.29 is 59.1 Å². The van der Waals surface area contributed by atoms with Gasteiger partial charge in [-0.2, -0.15) is 0 Å². The summed E-state index contributed by atoms with van der Waals surface area (Å²) in [5.41, 5.74) is 5.32. The molecule has 0 unspecified atom stereocenters. The highest BCUT2D eigenvalue weighted by molar-refractivity contribution is 5.96. The smallest absolute Gasteiger partial charge is 0.326 e. The number of carboxylic acids is 4. The third-order valence-corrected chi connectivity index (χ3v) is 3.82. The van der Waals surface area contributed by atoms with E-state index in [-0.39, 0.29) is 0 Å². The number of nitrogens with two attached hydrogens (primary N) is 1. The van der Waals surface area contributed by atoms with Crippen LogP contribution in [0.15, 0.2) is 0 Å². The van der Waals surface area contributed by atoms with Crippen molar-refractivity contribution in [1.29, 1.82) is 0 Å². The SMILES string of the molecule is N[C@@H](CC(=O)O)C(=O)N[C@@H](CO)C(=O)N[C@@H](CC(=O)O)C(=O)N[C@@H](CCC(=O)O)C(=O)O. The van der Waals surface area contributed by atoms with Crippen LogP contribution < -0.4 is 21.7 Å². The zero-order valence-corrected chi connectivity index (χ0v) is 16.5. The van der Waals surface area contributed by atoms with E-state index < -0.39 is 98.1 Å². The minimum Gasteiger partial charge on any atom is -0.481 e. The maximum Gasteiger partial charge on any atom is 0.326 e. The second kappa shape index (κ2) is 13.5. The van der Waals surface area contributed by atoms with Crippen molar-refractivity contribution in [1.82, 2.24) is 16.0 Å². The van der Waals surface area contributed by atoms with Crippen molar-refractivity contribution in [2.24, 2.45) is 5.73 Å². The van der Waals surface area contributed by atoms with Crippen LogP contribution in [0.1, 0.15) is 25.7 Å². The molecule has 16 nitrogen and oxygen atoms in total. The van der Waals surface area contributed by atoms with Gasteiger partial charge in [-0.15, -0.1) is 0 Å². The lowest BCUT2D eigenvalue weighted by atomic mass is 10.1. The Bertz CT molecular complexity index is 755. The molecule has 0 saturated heterocycles. The number of carboxylic acid groups (broad SMARTS) is 4. The average Bonchev–Trinajstić information content (AvgIpc) is 2.66. The average molecular weight is 464 g/mol. The Morgan fingerprint density at radius 1 is 0.656 bits per heavy atom. The summed E-state index contributed by atoms with van der Waals surface area (Å²) in [6.45, 7) is -1.03. The van der Waals surface area contributed by atoms with Gasteiger partial charge in [0.25, 0.3) is 0 Å². The normalized spacial score (nSPS) is 14.2. The monoisotopic (exact) mass is 464 g/mol. The molecule has 0 fully saturated rings. The van der Waals surface area contributed by atoms with Gasteiger partial charge in [0.1, 0.15) is 18.1 Å². The van der Waals surface area contributed by atoms with Gasteiger partial charge in [-0.1, -0.05) is 0 Å². The highest BCUT2D eigenvalue weighted by Gasteiger charge is 2.31. The number of aliphatic hydroxyl groups excluding tert-OH is 1. The minimum atomic E-state index is -1.86. The number of aliphatic carboxylic acids is 4. The maximum absolute atomic E-state index is 12.3. The molecule has 0 aromatic rings. The van der Waals surface area contributed by atoms with Crippen LogP contribution in [0.25, 0.3) is 0 Å². The first kappa shape index (κ1) is 28.2. The molecule has 0 aliphatic carbocycles. The molecule has 0 spiro atoms. The summed E-state index contributed by atoms with van der Waals surface area (Å²) >= 11 is 0. The second-order valence-electron chi connectivity index (χ2n) is 6.44. The molecule has 0 radical (unpaired) electrons. The van der Waals surface area contributed by atoms with Crippen LogP contribution in [-0.2, 0) is 33.6 Å². The van der Waals surface area contributed by atoms with Crippen LogP contribution in [0.3, 0.4) is 0 Å². The van der Waals surface area contributed by atoms with Gasteiger partial charge in [-0.3, -0.25) is 28.8 Å². The Morgan fingerprint density at radius 3 is 1.56 bits per heavy atom. The van der Waals surface area contributed by atoms with Crippen LogP contribution in [-0.4, -0.2) is 97.9 Å². The van der Waals surface area contributed by atoms with Crippen LogP contribution >= 0.6 is 0 Å². The number of carbonyl (C=O) groups is 7. The number of carbonyl (C=O) groups excluding carboxylic acids is 3. The van der Waals surface area contributed by atoms with E-state index in [0.717, 1.165) is 0 Å². The van der Waals surface area contributed by atoms with Gasteiger partial charge in [-0.25, -0.2) is 4.79 Å². The standard InChI is InChI=1S/C16H24N4O12/c17-6(3-11(24)25)13(28)20-9(5-21)15(30)19-8(4-12(26)27)14(29)18-7(16(31)32)1-2-10(22)23/h6-9,21H,1-5,17H2,(H,18,29)(H,19,30)(H,20,28)(H,22,23)(H,24,25)(H,26,27)(H,31,32)/t6-,7-,8-,9-/m0/s1. The van der Waals surface area contributed by atoms with Crippen molar-refractivity contribution in [3.63, 3.8) is 0 Å². The van der Waals surface area contributed by atoms with Crippen molar-refractivity contribution in [2.75, 3.05) is 6.61 Å². The molecule has 0 aromatic heterocycles. The van der Waals surface area contributed by atoms with Gasteiger partial charge in [0, 0.05) is 6.42 Å². The summed E-state index contributed by atoms with van der Waals surface area (Å²) in [6, 6.07) is -6.87. The van der Waals surface area contributed by atoms with Crippen molar-refractivity contribution >= 4 is 41.6 Å². The molecular weight excluding hydrogens is 440 g/mol. The highest BCUT2D eigenvalue weighted by Crippen LogP contribution is 2.02. The summed E-state index contributed by atoms with van der Waals surface area (Å²) in [4.78, 5) is 79.8. The van der Waals surface area contributed by atoms with Gasteiger partial charge in [0.15, 0.2) is 0 Å². The Hall–Kier alpha value is -3.79. The summed E-state index contributed by atoms with van der Waals surface area (Å²) in [5, 5.41) is 50.3. The first-order valence-electron chi connectivity index (χ1n) is 8.94. The van der Waals surface area contributed by atoms with E-state index in [4.69, 9.17) is 26.2 Å². The van der Waals surface area contributed by atoms with Gasteiger partial charge < -0.3 is 47.2 Å². The number of hydrogen-bond acceptors (Lipinski definition) is 9. The first-order valence-corrected chi connectivity index (χ1v) is 8.94. The summed E-state index contributed by atoms with van der Waals surface area (Å²) in [7, 11) is 0. The molecule has 32 heavy (non-hydrogen) atoms. The lowest BCUT2D eigenvalue weighted by Crippen LogP contribution is -2.58. The van der Waals surface area contributed by atoms with E-state index in [0.29, 0.717) is 0 Å². The number of nitrogens with one attached hydrogen (secondary N) is 3. The van der Waals surface area contributed by atoms with Gasteiger partial charge >= 0.3 is 23.9 Å². The van der Waals surface area contributed by atoms with E-state index in [1.807, 2.05) is 16.0 Å². The third-order valence-electron chi connectivity index (χ3n) is 3.82. The molecule has 3 amide bonds. The van der Waals surface area contributed by atoms with Crippen molar-refractivity contribution in [2.45, 2.75) is 49.9 Å². The Morgan fingerprint density at radius 2 is 1.12 bits per heavy atom. The van der Waals surface area contributed by atoms with Gasteiger partial charge in [-0.05, 0) is 6.42 Å². The molecule has 0 aliphatic heterocycles. The minimum absolute atomic E-state index is 0.527. The maximum atomic E-state index is 12.3. The topological polar surface area (TPSA) is 283 Å². The van der Waals surface area contributed by atoms with Gasteiger partial charge in [0.2, 0.25) is 17.7 Å². The zero-order valence-electron chi connectivity index (χ0n) is 16.5. The largest absolute Gasteiger partial charge is 0.481 e. The molecule has 0 aromatic carbocycles. The summed E-state index contributed by atoms with van der Waals surface area (Å²) < 4.78 is 0. The van der Waals surface area contributed by atoms with Crippen molar-refractivity contribution in [3.8, 4) is 0 Å². The fraction of sp³-hybridized carbons (Fsp3) is 0.562. The molecule has 16 heteroatoms. The molecule has 0 rings (SSSR count). The molecular formula is C16H24N4O12. The predicted molar refractivity (Wildman–Crippen MR) is 99.9 cm³/mol. The van der Waals surface area contributed by atoms with E-state index in [1.54, 1.807) is 0 Å². The molecule has 10 N–H and O–H groups in total. The van der Waals surface area contributed by atoms with Crippen molar-refractivity contribution in [3.05, 3.63) is 0 Å². The fourth-order valence-electron chi connectivity index (χ4n) is 2.21. The lowest BCUT2D eigenvalue weighted by Gasteiger charge is -2.23. The molecule has 180 valence electrons. The highest BCUT2D eigenvalue weighted by atomic mass is 16.4. The number of hydrogen-bond donors (Lipinski definition) is 9. The molecule has 0 heterocycles. The summed E-state index contributed by atoms with van der Waals surface area (Å²) in [5.74, 6) is -9.58. The Labute approximate surface area is 179 Å². The van der Waals surface area contributed by atoms with Gasteiger partial charge in [0.05, 0.1) is 25.5 Å². The Balaban J connectivity index is 5.30. The van der Waals surface area contributed by atoms with E-state index in [2.05, 4.69) is 0 Å². The molecule has 0 bridgehead atoms. The van der Waals surface area contributed by atoms with E-state index in [1.165, 1.54) is 0 Å². The first-order chi connectivity index (χ1) is 14.8. The number of amides is 3. The van der Waals surface area contributed by atoms with E-state index in [9.17, 15) is 38.7 Å². The third kappa shape index (κ3) is 10.8. The quantitative estimate of drug-likeness (QED) is 0.111. The Kier molecular flexibility index (Phi) is 11.9. The van der Waals surface area contributed by atoms with Crippen LogP contribution in [0.4, 0.5) is 0 Å². The second-order valence-corrected chi connectivity index (χ2v) is 6.44. The molecule has 0 saturated carbocycles. The number of rotatable bonds is 15. The predicted octanol–water partition coefficient (Wildman–Crippen LogP) is -4.34. The van der Waals surface area contributed by atoms with E-state index >= 15 is 0 Å². The van der Waals surface area contributed by atoms with Crippen LogP contribution in [0.2, 0.25) is 0 Å².